The molecule has 0 saturated heterocycles. The molecule has 0 aromatic carbocycles. The Kier molecular flexibility index (Phi) is 3.27. The van der Waals surface area contributed by atoms with Crippen LogP contribution in [0.2, 0.25) is 0 Å². The van der Waals surface area contributed by atoms with Gasteiger partial charge < -0.3 is 9.32 Å². The summed E-state index contributed by atoms with van der Waals surface area (Å²) in [6.07, 6.45) is 7.13. The fourth-order valence-electron chi connectivity index (χ4n) is 2.62. The minimum absolute atomic E-state index is 0.585. The van der Waals surface area contributed by atoms with Crippen LogP contribution in [0, 0.1) is 0 Å². The SMILES string of the molecule is c1ccc(-c2nc3c(o2)CCCN(c2ncccn2)C3)nc1. The van der Waals surface area contributed by atoms with Crippen LogP contribution in [0.15, 0.2) is 47.3 Å². The Morgan fingerprint density at radius 2 is 1.86 bits per heavy atom. The van der Waals surface area contributed by atoms with Gasteiger partial charge in [-0.1, -0.05) is 6.07 Å². The van der Waals surface area contributed by atoms with Gasteiger partial charge in [0.25, 0.3) is 0 Å². The number of aryl methyl sites for hydroxylation is 1. The summed E-state index contributed by atoms with van der Waals surface area (Å²) in [4.78, 5) is 19.7. The van der Waals surface area contributed by atoms with Crippen molar-refractivity contribution in [3.63, 3.8) is 0 Å². The third kappa shape index (κ3) is 2.43. The van der Waals surface area contributed by atoms with Gasteiger partial charge in [0, 0.05) is 31.6 Å². The van der Waals surface area contributed by atoms with Gasteiger partial charge in [0.2, 0.25) is 11.8 Å². The van der Waals surface area contributed by atoms with Crippen molar-refractivity contribution in [3.8, 4) is 11.6 Å². The molecule has 0 spiro atoms. The van der Waals surface area contributed by atoms with Crippen molar-refractivity contribution >= 4 is 5.95 Å². The monoisotopic (exact) mass is 293 g/mol. The molecule has 4 rings (SSSR count). The molecule has 0 amide bonds. The second kappa shape index (κ2) is 5.55. The molecule has 0 bridgehead atoms. The highest BCUT2D eigenvalue weighted by atomic mass is 16.4. The third-order valence-electron chi connectivity index (χ3n) is 3.67. The number of hydrogen-bond acceptors (Lipinski definition) is 6. The number of anilines is 1. The molecule has 6 nitrogen and oxygen atoms in total. The second-order valence-electron chi connectivity index (χ2n) is 5.18. The summed E-state index contributed by atoms with van der Waals surface area (Å²) in [5.41, 5.74) is 1.71. The summed E-state index contributed by atoms with van der Waals surface area (Å²) in [6, 6.07) is 7.54. The van der Waals surface area contributed by atoms with E-state index in [1.807, 2.05) is 24.3 Å². The van der Waals surface area contributed by atoms with Crippen LogP contribution in [0.4, 0.5) is 5.95 Å². The fraction of sp³-hybridized carbons (Fsp3) is 0.250. The molecule has 1 aliphatic heterocycles. The van der Waals surface area contributed by atoms with Crippen LogP contribution in [-0.2, 0) is 13.0 Å². The van der Waals surface area contributed by atoms with Crippen LogP contribution in [0.25, 0.3) is 11.6 Å². The summed E-state index contributed by atoms with van der Waals surface area (Å²) in [5, 5.41) is 0. The number of rotatable bonds is 2. The minimum atomic E-state index is 0.585. The van der Waals surface area contributed by atoms with Gasteiger partial charge in [0.05, 0.1) is 6.54 Å². The van der Waals surface area contributed by atoms with Crippen LogP contribution in [-0.4, -0.2) is 26.5 Å². The number of oxazole rings is 1. The highest BCUT2D eigenvalue weighted by Gasteiger charge is 2.22. The number of nitrogens with zero attached hydrogens (tertiary/aromatic N) is 5. The Morgan fingerprint density at radius 3 is 2.68 bits per heavy atom. The zero-order valence-corrected chi connectivity index (χ0v) is 12.0. The van der Waals surface area contributed by atoms with Gasteiger partial charge in [0.1, 0.15) is 17.1 Å². The molecule has 0 radical (unpaired) electrons. The zero-order valence-electron chi connectivity index (χ0n) is 12.0. The van der Waals surface area contributed by atoms with Gasteiger partial charge in [0.15, 0.2) is 0 Å². The smallest absolute Gasteiger partial charge is 0.245 e. The lowest BCUT2D eigenvalue weighted by Crippen LogP contribution is -2.24. The normalized spacial score (nSPS) is 14.5. The zero-order chi connectivity index (χ0) is 14.8. The van der Waals surface area contributed by atoms with Crippen LogP contribution in [0.1, 0.15) is 17.9 Å². The molecular formula is C16H15N5O. The van der Waals surface area contributed by atoms with Crippen LogP contribution in [0.3, 0.4) is 0 Å². The quantitative estimate of drug-likeness (QED) is 0.723. The van der Waals surface area contributed by atoms with Crippen molar-refractivity contribution in [2.24, 2.45) is 0 Å². The van der Waals surface area contributed by atoms with Crippen LogP contribution in [0.5, 0.6) is 0 Å². The topological polar surface area (TPSA) is 67.9 Å². The van der Waals surface area contributed by atoms with Gasteiger partial charge in [-0.05, 0) is 24.6 Å². The van der Waals surface area contributed by atoms with E-state index in [1.54, 1.807) is 18.6 Å². The summed E-state index contributed by atoms with van der Waals surface area (Å²) in [6.45, 7) is 1.56. The maximum absolute atomic E-state index is 5.92. The average Bonchev–Trinajstić information content (AvgIpc) is 2.88. The molecular weight excluding hydrogens is 278 g/mol. The fourth-order valence-corrected chi connectivity index (χ4v) is 2.62. The Hall–Kier alpha value is -2.76. The molecule has 0 N–H and O–H groups in total. The highest BCUT2D eigenvalue weighted by molar-refractivity contribution is 5.47. The first-order valence-corrected chi connectivity index (χ1v) is 7.32. The van der Waals surface area contributed by atoms with E-state index in [1.165, 1.54) is 0 Å². The summed E-state index contributed by atoms with van der Waals surface area (Å²) < 4.78 is 5.92. The van der Waals surface area contributed by atoms with Gasteiger partial charge in [-0.2, -0.15) is 0 Å². The van der Waals surface area contributed by atoms with Gasteiger partial charge in [-0.3, -0.25) is 4.98 Å². The lowest BCUT2D eigenvalue weighted by Gasteiger charge is -2.18. The largest absolute Gasteiger partial charge is 0.440 e. The van der Waals surface area contributed by atoms with E-state index in [0.717, 1.165) is 42.5 Å². The lowest BCUT2D eigenvalue weighted by atomic mass is 10.2. The van der Waals surface area contributed by atoms with Crippen LogP contribution < -0.4 is 4.90 Å². The van der Waals surface area contributed by atoms with E-state index in [9.17, 15) is 0 Å². The van der Waals surface area contributed by atoms with Crippen molar-refractivity contribution in [2.75, 3.05) is 11.4 Å². The summed E-state index contributed by atoms with van der Waals surface area (Å²) in [5.74, 6) is 2.26. The molecule has 3 aromatic rings. The average molecular weight is 293 g/mol. The first kappa shape index (κ1) is 12.9. The molecule has 0 aliphatic carbocycles. The van der Waals surface area contributed by atoms with Crippen LogP contribution >= 0.6 is 0 Å². The number of hydrogen-bond donors (Lipinski definition) is 0. The van der Waals surface area contributed by atoms with Gasteiger partial charge >= 0.3 is 0 Å². The van der Waals surface area contributed by atoms with E-state index in [0.29, 0.717) is 12.4 Å². The molecule has 3 aromatic heterocycles. The first-order valence-electron chi connectivity index (χ1n) is 7.32. The second-order valence-corrected chi connectivity index (χ2v) is 5.18. The van der Waals surface area contributed by atoms with Crippen molar-refractivity contribution < 1.29 is 4.42 Å². The Morgan fingerprint density at radius 1 is 1.00 bits per heavy atom. The molecule has 1 aliphatic rings. The van der Waals surface area contributed by atoms with E-state index < -0.39 is 0 Å². The van der Waals surface area contributed by atoms with E-state index >= 15 is 0 Å². The maximum Gasteiger partial charge on any atom is 0.245 e. The van der Waals surface area contributed by atoms with Gasteiger partial charge in [-0.25, -0.2) is 15.0 Å². The molecule has 110 valence electrons. The van der Waals surface area contributed by atoms with E-state index in [2.05, 4.69) is 24.8 Å². The van der Waals surface area contributed by atoms with E-state index in [4.69, 9.17) is 4.42 Å². The molecule has 22 heavy (non-hydrogen) atoms. The van der Waals surface area contributed by atoms with Gasteiger partial charge in [-0.15, -0.1) is 0 Å². The molecule has 6 heteroatoms. The predicted octanol–water partition coefficient (Wildman–Crippen LogP) is 2.48. The Bertz CT molecular complexity index is 757. The predicted molar refractivity (Wildman–Crippen MR) is 81.1 cm³/mol. The molecule has 0 saturated carbocycles. The number of pyridine rings is 1. The number of fused-ring (bicyclic) bond motifs is 1. The number of aromatic nitrogens is 4. The summed E-state index contributed by atoms with van der Waals surface area (Å²) >= 11 is 0. The lowest BCUT2D eigenvalue weighted by molar-refractivity contribution is 0.511. The molecule has 0 atom stereocenters. The third-order valence-corrected chi connectivity index (χ3v) is 3.67. The van der Waals surface area contributed by atoms with Crippen molar-refractivity contribution in [1.29, 1.82) is 0 Å². The Balaban J connectivity index is 1.65. The highest BCUT2D eigenvalue weighted by Crippen LogP contribution is 2.25. The van der Waals surface area contributed by atoms with Crippen molar-refractivity contribution in [2.45, 2.75) is 19.4 Å². The standard InChI is InChI=1S/C16H15N5O/c1-2-7-17-12(5-1)15-20-13-11-21(10-3-6-14(13)22-15)16-18-8-4-9-19-16/h1-2,4-5,7-9H,3,6,10-11H2. The first-order chi connectivity index (χ1) is 10.9. The molecule has 0 fully saturated rings. The maximum atomic E-state index is 5.92. The molecule has 0 unspecified atom stereocenters. The Labute approximate surface area is 127 Å². The van der Waals surface area contributed by atoms with Crippen molar-refractivity contribution in [3.05, 3.63) is 54.3 Å². The summed E-state index contributed by atoms with van der Waals surface area (Å²) in [7, 11) is 0. The van der Waals surface area contributed by atoms with Crippen molar-refractivity contribution in [1.82, 2.24) is 19.9 Å². The van der Waals surface area contributed by atoms with E-state index in [-0.39, 0.29) is 0 Å². The minimum Gasteiger partial charge on any atom is -0.440 e. The molecule has 4 heterocycles.